The Hall–Kier alpha value is -1.16. The van der Waals surface area contributed by atoms with Gasteiger partial charge in [0.15, 0.2) is 0 Å². The van der Waals surface area contributed by atoms with Crippen molar-refractivity contribution in [3.63, 3.8) is 0 Å². The van der Waals surface area contributed by atoms with Crippen molar-refractivity contribution in [3.8, 4) is 0 Å². The number of aryl methyl sites for hydroxylation is 2. The molecule has 1 rings (SSSR count). The van der Waals surface area contributed by atoms with Crippen LogP contribution in [0.3, 0.4) is 0 Å². The average molecular weight is 208 g/mol. The molecule has 0 aliphatic rings. The first-order valence-corrected chi connectivity index (χ1v) is 5.27. The van der Waals surface area contributed by atoms with Crippen molar-refractivity contribution < 1.29 is 0 Å². The molecule has 0 amide bonds. The third kappa shape index (κ3) is 3.47. The van der Waals surface area contributed by atoms with Gasteiger partial charge in [0, 0.05) is 25.8 Å². The van der Waals surface area contributed by atoms with Gasteiger partial charge in [-0.05, 0) is 27.2 Å². The van der Waals surface area contributed by atoms with Crippen molar-refractivity contribution in [1.82, 2.24) is 9.97 Å². The molecule has 0 aliphatic heterocycles. The van der Waals surface area contributed by atoms with Crippen LogP contribution in [0.5, 0.6) is 0 Å². The van der Waals surface area contributed by atoms with Crippen molar-refractivity contribution in [2.24, 2.45) is 5.73 Å². The summed E-state index contributed by atoms with van der Waals surface area (Å²) in [5, 5.41) is 0. The van der Waals surface area contributed by atoms with Crippen molar-refractivity contribution in [2.45, 2.75) is 33.2 Å². The molecule has 1 unspecified atom stereocenters. The SMILES string of the molecule is Cc1cnc(C)c(N(C)CCC(C)N)n1. The van der Waals surface area contributed by atoms with Crippen LogP contribution in [0.15, 0.2) is 6.20 Å². The van der Waals surface area contributed by atoms with E-state index in [1.54, 1.807) is 6.20 Å². The fraction of sp³-hybridized carbons (Fsp3) is 0.636. The van der Waals surface area contributed by atoms with Crippen molar-refractivity contribution in [2.75, 3.05) is 18.5 Å². The summed E-state index contributed by atoms with van der Waals surface area (Å²) in [6.07, 6.45) is 2.75. The van der Waals surface area contributed by atoms with Gasteiger partial charge in [-0.2, -0.15) is 0 Å². The number of nitrogens with two attached hydrogens (primary N) is 1. The van der Waals surface area contributed by atoms with Crippen LogP contribution in [0.25, 0.3) is 0 Å². The van der Waals surface area contributed by atoms with E-state index in [1.165, 1.54) is 0 Å². The molecule has 1 aromatic rings. The maximum atomic E-state index is 5.72. The first-order chi connectivity index (χ1) is 7.00. The average Bonchev–Trinajstić information content (AvgIpc) is 2.18. The molecule has 0 spiro atoms. The van der Waals surface area contributed by atoms with Crippen molar-refractivity contribution >= 4 is 5.82 Å². The minimum atomic E-state index is 0.227. The summed E-state index contributed by atoms with van der Waals surface area (Å²) in [5.74, 6) is 0.954. The lowest BCUT2D eigenvalue weighted by atomic mass is 10.2. The Labute approximate surface area is 91.5 Å². The molecule has 15 heavy (non-hydrogen) atoms. The Morgan fingerprint density at radius 3 is 2.73 bits per heavy atom. The van der Waals surface area contributed by atoms with Gasteiger partial charge in [-0.1, -0.05) is 0 Å². The molecular weight excluding hydrogens is 188 g/mol. The van der Waals surface area contributed by atoms with E-state index in [1.807, 2.05) is 27.8 Å². The second kappa shape index (κ2) is 5.07. The van der Waals surface area contributed by atoms with Gasteiger partial charge in [-0.15, -0.1) is 0 Å². The molecule has 1 aromatic heterocycles. The number of hydrogen-bond acceptors (Lipinski definition) is 4. The molecule has 4 heteroatoms. The Bertz CT molecular complexity index is 322. The zero-order valence-electron chi connectivity index (χ0n) is 9.99. The number of anilines is 1. The van der Waals surface area contributed by atoms with E-state index < -0.39 is 0 Å². The monoisotopic (exact) mass is 208 g/mol. The Morgan fingerprint density at radius 1 is 1.47 bits per heavy atom. The van der Waals surface area contributed by atoms with Gasteiger partial charge in [0.1, 0.15) is 5.82 Å². The molecule has 0 radical (unpaired) electrons. The minimum Gasteiger partial charge on any atom is -0.358 e. The molecule has 0 saturated heterocycles. The number of rotatable bonds is 4. The summed E-state index contributed by atoms with van der Waals surface area (Å²) in [6, 6.07) is 0.227. The lowest BCUT2D eigenvalue weighted by Crippen LogP contribution is -2.27. The van der Waals surface area contributed by atoms with Crippen LogP contribution in [0.1, 0.15) is 24.7 Å². The van der Waals surface area contributed by atoms with Crippen LogP contribution in [0.4, 0.5) is 5.82 Å². The van der Waals surface area contributed by atoms with E-state index in [2.05, 4.69) is 14.9 Å². The normalized spacial score (nSPS) is 12.6. The van der Waals surface area contributed by atoms with E-state index in [-0.39, 0.29) is 6.04 Å². The van der Waals surface area contributed by atoms with Crippen LogP contribution in [-0.4, -0.2) is 29.6 Å². The summed E-state index contributed by atoms with van der Waals surface area (Å²) >= 11 is 0. The van der Waals surface area contributed by atoms with Crippen molar-refractivity contribution in [1.29, 1.82) is 0 Å². The standard InChI is InChI=1S/C11H20N4/c1-8(12)5-6-15(4)11-10(3)13-7-9(2)14-11/h7-8H,5-6,12H2,1-4H3. The Kier molecular flexibility index (Phi) is 4.03. The third-order valence-electron chi connectivity index (χ3n) is 2.33. The molecule has 0 aromatic carbocycles. The minimum absolute atomic E-state index is 0.227. The van der Waals surface area contributed by atoms with Gasteiger partial charge >= 0.3 is 0 Å². The van der Waals surface area contributed by atoms with E-state index in [0.29, 0.717) is 0 Å². The van der Waals surface area contributed by atoms with E-state index >= 15 is 0 Å². The van der Waals surface area contributed by atoms with Crippen LogP contribution in [0, 0.1) is 13.8 Å². The predicted molar refractivity (Wildman–Crippen MR) is 63.0 cm³/mol. The first kappa shape index (κ1) is 11.9. The number of hydrogen-bond donors (Lipinski definition) is 1. The van der Waals surface area contributed by atoms with E-state index in [9.17, 15) is 0 Å². The van der Waals surface area contributed by atoms with Gasteiger partial charge in [-0.3, -0.25) is 4.98 Å². The van der Waals surface area contributed by atoms with Gasteiger partial charge in [-0.25, -0.2) is 4.98 Å². The molecule has 4 nitrogen and oxygen atoms in total. The maximum absolute atomic E-state index is 5.72. The highest BCUT2D eigenvalue weighted by molar-refractivity contribution is 5.42. The molecular formula is C11H20N4. The smallest absolute Gasteiger partial charge is 0.150 e. The molecule has 0 saturated carbocycles. The first-order valence-electron chi connectivity index (χ1n) is 5.27. The van der Waals surface area contributed by atoms with Crippen molar-refractivity contribution in [3.05, 3.63) is 17.6 Å². The maximum Gasteiger partial charge on any atom is 0.150 e. The summed E-state index contributed by atoms with van der Waals surface area (Å²) in [4.78, 5) is 10.9. The Morgan fingerprint density at radius 2 is 2.13 bits per heavy atom. The molecule has 1 heterocycles. The summed E-state index contributed by atoms with van der Waals surface area (Å²) in [7, 11) is 2.03. The summed E-state index contributed by atoms with van der Waals surface area (Å²) < 4.78 is 0. The number of nitrogens with zero attached hydrogens (tertiary/aromatic N) is 3. The molecule has 0 bridgehead atoms. The van der Waals surface area contributed by atoms with E-state index in [4.69, 9.17) is 5.73 Å². The number of aromatic nitrogens is 2. The lowest BCUT2D eigenvalue weighted by Gasteiger charge is -2.20. The second-order valence-corrected chi connectivity index (χ2v) is 4.11. The Balaban J connectivity index is 2.72. The largest absolute Gasteiger partial charge is 0.358 e. The van der Waals surface area contributed by atoms with Gasteiger partial charge in [0.05, 0.1) is 11.4 Å². The lowest BCUT2D eigenvalue weighted by molar-refractivity contribution is 0.654. The molecule has 84 valence electrons. The summed E-state index contributed by atoms with van der Waals surface area (Å²) in [5.41, 5.74) is 7.64. The fourth-order valence-corrected chi connectivity index (χ4v) is 1.39. The highest BCUT2D eigenvalue weighted by Gasteiger charge is 2.08. The van der Waals surface area contributed by atoms with E-state index in [0.717, 1.165) is 30.2 Å². The van der Waals surface area contributed by atoms with Gasteiger partial charge < -0.3 is 10.6 Å². The highest BCUT2D eigenvalue weighted by Crippen LogP contribution is 2.13. The second-order valence-electron chi connectivity index (χ2n) is 4.11. The molecule has 0 fully saturated rings. The fourth-order valence-electron chi connectivity index (χ4n) is 1.39. The zero-order chi connectivity index (χ0) is 11.4. The van der Waals surface area contributed by atoms with Crippen LogP contribution < -0.4 is 10.6 Å². The molecule has 1 atom stereocenters. The highest BCUT2D eigenvalue weighted by atomic mass is 15.2. The summed E-state index contributed by atoms with van der Waals surface area (Å²) in [6.45, 7) is 6.86. The van der Waals surface area contributed by atoms with Crippen LogP contribution in [0.2, 0.25) is 0 Å². The van der Waals surface area contributed by atoms with Crippen LogP contribution in [-0.2, 0) is 0 Å². The topological polar surface area (TPSA) is 55.0 Å². The van der Waals surface area contributed by atoms with Crippen LogP contribution >= 0.6 is 0 Å². The quantitative estimate of drug-likeness (QED) is 0.809. The van der Waals surface area contributed by atoms with Gasteiger partial charge in [0.25, 0.3) is 0 Å². The zero-order valence-corrected chi connectivity index (χ0v) is 9.99. The predicted octanol–water partition coefficient (Wildman–Crippen LogP) is 1.27. The molecule has 0 aliphatic carbocycles. The molecule has 2 N–H and O–H groups in total. The third-order valence-corrected chi connectivity index (χ3v) is 2.33. The van der Waals surface area contributed by atoms with Gasteiger partial charge in [0.2, 0.25) is 0 Å².